The molecule has 1 aromatic rings. The predicted molar refractivity (Wildman–Crippen MR) is 68.6 cm³/mol. The minimum atomic E-state index is -1.47. The van der Waals surface area contributed by atoms with E-state index in [1.165, 1.54) is 0 Å². The van der Waals surface area contributed by atoms with Crippen molar-refractivity contribution in [2.45, 2.75) is 26.2 Å². The molecular formula is C14H17F4NO2. The number of rotatable bonds is 7. The molecule has 1 rings (SSSR count). The summed E-state index contributed by atoms with van der Waals surface area (Å²) in [5.41, 5.74) is 4.64. The molecule has 0 aromatic heterocycles. The van der Waals surface area contributed by atoms with E-state index in [0.29, 0.717) is 6.42 Å². The van der Waals surface area contributed by atoms with Crippen LogP contribution < -0.4 is 5.73 Å². The molecule has 1 aromatic carbocycles. The molecule has 0 saturated carbocycles. The fraction of sp³-hybridized carbons (Fsp3) is 0.500. The highest BCUT2D eigenvalue weighted by atomic mass is 19.2. The number of carboxylic acid groups (broad SMARTS) is 1. The number of hydrogen-bond acceptors (Lipinski definition) is 2. The van der Waals surface area contributed by atoms with Gasteiger partial charge >= 0.3 is 5.97 Å². The number of nitrogens with two attached hydrogens (primary N) is 1. The maximum Gasteiger partial charge on any atom is 0.307 e. The second kappa shape index (κ2) is 7.40. The summed E-state index contributed by atoms with van der Waals surface area (Å²) in [6.07, 6.45) is 0.201. The van der Waals surface area contributed by atoms with E-state index in [2.05, 4.69) is 0 Å². The van der Waals surface area contributed by atoms with Crippen molar-refractivity contribution >= 4 is 5.97 Å². The molecule has 3 N–H and O–H groups in total. The Bertz CT molecular complexity index is 496. The van der Waals surface area contributed by atoms with Crippen LogP contribution in [0.1, 0.15) is 25.3 Å². The average molecular weight is 307 g/mol. The number of carboxylic acids is 1. The van der Waals surface area contributed by atoms with E-state index < -0.39 is 46.6 Å². The molecule has 3 nitrogen and oxygen atoms in total. The molecule has 7 heteroatoms. The van der Waals surface area contributed by atoms with Gasteiger partial charge in [-0.15, -0.1) is 0 Å². The van der Waals surface area contributed by atoms with Crippen LogP contribution in [0.5, 0.6) is 0 Å². The van der Waals surface area contributed by atoms with Gasteiger partial charge in [0.2, 0.25) is 0 Å². The first-order valence-corrected chi connectivity index (χ1v) is 6.56. The summed E-state index contributed by atoms with van der Waals surface area (Å²) in [6.45, 7) is 1.58. The van der Waals surface area contributed by atoms with Gasteiger partial charge in [-0.25, -0.2) is 17.6 Å². The van der Waals surface area contributed by atoms with Crippen molar-refractivity contribution in [1.29, 1.82) is 0 Å². The Balaban J connectivity index is 2.99. The molecule has 0 bridgehead atoms. The fourth-order valence-corrected chi connectivity index (χ4v) is 2.19. The van der Waals surface area contributed by atoms with Crippen molar-refractivity contribution in [2.75, 3.05) is 6.54 Å². The van der Waals surface area contributed by atoms with Crippen LogP contribution in [0.25, 0.3) is 0 Å². The summed E-state index contributed by atoms with van der Waals surface area (Å²) in [5.74, 6) is -8.22. The molecule has 0 aliphatic carbocycles. The number of carbonyl (C=O) groups is 1. The molecule has 0 saturated heterocycles. The summed E-state index contributed by atoms with van der Waals surface area (Å²) in [5, 5.41) is 8.93. The Labute approximate surface area is 119 Å². The average Bonchev–Trinajstić information content (AvgIpc) is 2.44. The number of halogens is 4. The van der Waals surface area contributed by atoms with Crippen LogP contribution >= 0.6 is 0 Å². The van der Waals surface area contributed by atoms with E-state index in [0.717, 1.165) is 0 Å². The maximum absolute atomic E-state index is 13.6. The molecular weight excluding hydrogens is 290 g/mol. The Morgan fingerprint density at radius 3 is 2.14 bits per heavy atom. The number of benzene rings is 1. The number of hydrogen-bond donors (Lipinski definition) is 2. The lowest BCUT2D eigenvalue weighted by Crippen LogP contribution is -2.26. The van der Waals surface area contributed by atoms with Gasteiger partial charge in [0.15, 0.2) is 23.3 Å². The highest BCUT2D eigenvalue weighted by Gasteiger charge is 2.25. The second-order valence-electron chi connectivity index (χ2n) is 4.93. The Hall–Kier alpha value is -1.63. The van der Waals surface area contributed by atoms with E-state index in [9.17, 15) is 22.4 Å². The smallest absolute Gasteiger partial charge is 0.307 e. The maximum atomic E-state index is 13.6. The van der Waals surface area contributed by atoms with Crippen LogP contribution in [0.2, 0.25) is 0 Å². The molecule has 118 valence electrons. The zero-order valence-corrected chi connectivity index (χ0v) is 11.5. The van der Waals surface area contributed by atoms with Crippen molar-refractivity contribution in [3.05, 3.63) is 34.9 Å². The molecule has 0 radical (unpaired) electrons. The van der Waals surface area contributed by atoms with E-state index in [1.807, 2.05) is 0 Å². The minimum absolute atomic E-state index is 0.0827. The first-order chi connectivity index (χ1) is 9.81. The first-order valence-electron chi connectivity index (χ1n) is 6.56. The van der Waals surface area contributed by atoms with Crippen molar-refractivity contribution in [1.82, 2.24) is 0 Å². The van der Waals surface area contributed by atoms with E-state index in [1.54, 1.807) is 6.92 Å². The highest BCUT2D eigenvalue weighted by Crippen LogP contribution is 2.26. The van der Waals surface area contributed by atoms with Crippen LogP contribution in [-0.2, 0) is 11.2 Å². The lowest BCUT2D eigenvalue weighted by atomic mass is 9.87. The topological polar surface area (TPSA) is 63.3 Å². The van der Waals surface area contributed by atoms with Crippen molar-refractivity contribution in [2.24, 2.45) is 17.6 Å². The fourth-order valence-electron chi connectivity index (χ4n) is 2.19. The lowest BCUT2D eigenvalue weighted by molar-refractivity contribution is -0.142. The van der Waals surface area contributed by atoms with Gasteiger partial charge in [0.25, 0.3) is 0 Å². The monoisotopic (exact) mass is 307 g/mol. The molecule has 0 aliphatic heterocycles. The number of aliphatic carboxylic acids is 1. The normalized spacial score (nSPS) is 14.0. The SMILES string of the molecule is CCC(Cc1c(F)c(F)cc(F)c1F)CC(CN)C(=O)O. The zero-order valence-electron chi connectivity index (χ0n) is 11.5. The van der Waals surface area contributed by atoms with E-state index in [4.69, 9.17) is 10.8 Å². The summed E-state index contributed by atoms with van der Waals surface area (Å²) in [7, 11) is 0. The van der Waals surface area contributed by atoms with Gasteiger partial charge < -0.3 is 10.8 Å². The molecule has 0 amide bonds. The van der Waals surface area contributed by atoms with E-state index >= 15 is 0 Å². The Morgan fingerprint density at radius 1 is 1.24 bits per heavy atom. The van der Waals surface area contributed by atoms with Crippen LogP contribution in [0.4, 0.5) is 17.6 Å². The quantitative estimate of drug-likeness (QED) is 0.601. The Kier molecular flexibility index (Phi) is 6.14. The van der Waals surface area contributed by atoms with Gasteiger partial charge in [0.05, 0.1) is 5.92 Å². The minimum Gasteiger partial charge on any atom is -0.481 e. The van der Waals surface area contributed by atoms with Gasteiger partial charge in [-0.05, 0) is 18.8 Å². The van der Waals surface area contributed by atoms with Gasteiger partial charge in [-0.3, -0.25) is 4.79 Å². The summed E-state index contributed by atoms with van der Waals surface area (Å²) in [6, 6.07) is 0.148. The van der Waals surface area contributed by atoms with Gasteiger partial charge in [-0.1, -0.05) is 13.3 Å². The summed E-state index contributed by atoms with van der Waals surface area (Å²) < 4.78 is 53.5. The van der Waals surface area contributed by atoms with Crippen molar-refractivity contribution < 1.29 is 27.5 Å². The third-order valence-corrected chi connectivity index (χ3v) is 3.52. The van der Waals surface area contributed by atoms with Crippen LogP contribution in [0, 0.1) is 35.1 Å². The van der Waals surface area contributed by atoms with Crippen LogP contribution in [0.3, 0.4) is 0 Å². The highest BCUT2D eigenvalue weighted by molar-refractivity contribution is 5.70. The van der Waals surface area contributed by atoms with Crippen molar-refractivity contribution in [3.8, 4) is 0 Å². The molecule has 0 heterocycles. The standard InChI is InChI=1S/C14H17F4NO2/c1-2-7(3-8(6-19)14(20)21)4-9-12(17)10(15)5-11(16)13(9)18/h5,7-8H,2-4,6,19H2,1H3,(H,20,21). The third-order valence-electron chi connectivity index (χ3n) is 3.52. The molecule has 0 aliphatic rings. The van der Waals surface area contributed by atoms with Crippen LogP contribution in [-0.4, -0.2) is 17.6 Å². The second-order valence-corrected chi connectivity index (χ2v) is 4.93. The van der Waals surface area contributed by atoms with Gasteiger partial charge in [0, 0.05) is 18.2 Å². The van der Waals surface area contributed by atoms with Gasteiger partial charge in [0.1, 0.15) is 0 Å². The molecule has 0 fully saturated rings. The van der Waals surface area contributed by atoms with Gasteiger partial charge in [-0.2, -0.15) is 0 Å². The molecule has 2 unspecified atom stereocenters. The predicted octanol–water partition coefficient (Wildman–Crippen LogP) is 2.86. The molecule has 0 spiro atoms. The third kappa shape index (κ3) is 4.17. The first kappa shape index (κ1) is 17.4. The van der Waals surface area contributed by atoms with E-state index in [-0.39, 0.29) is 25.5 Å². The van der Waals surface area contributed by atoms with Crippen molar-refractivity contribution in [3.63, 3.8) is 0 Å². The summed E-state index contributed by atoms with van der Waals surface area (Å²) in [4.78, 5) is 10.9. The molecule has 2 atom stereocenters. The lowest BCUT2D eigenvalue weighted by Gasteiger charge is -2.19. The van der Waals surface area contributed by atoms with Crippen LogP contribution in [0.15, 0.2) is 6.07 Å². The molecule has 21 heavy (non-hydrogen) atoms. The Morgan fingerprint density at radius 2 is 1.76 bits per heavy atom. The summed E-state index contributed by atoms with van der Waals surface area (Å²) >= 11 is 0. The zero-order chi connectivity index (χ0) is 16.2. The largest absolute Gasteiger partial charge is 0.481 e.